The van der Waals surface area contributed by atoms with E-state index in [4.69, 9.17) is 0 Å². The molecule has 31 heavy (non-hydrogen) atoms. The lowest BCUT2D eigenvalue weighted by Gasteiger charge is -2.33. The topological polar surface area (TPSA) is 79.3 Å². The number of piperazine rings is 1. The summed E-state index contributed by atoms with van der Waals surface area (Å²) in [6.45, 7) is 6.83. The highest BCUT2D eigenvalue weighted by Gasteiger charge is 2.24. The summed E-state index contributed by atoms with van der Waals surface area (Å²) in [7, 11) is 0. The number of carbonyl (C=O) groups excluding carboxylic acids is 1. The summed E-state index contributed by atoms with van der Waals surface area (Å²) in [4.78, 5) is 32.8. The molecule has 0 unspecified atom stereocenters. The van der Waals surface area contributed by atoms with Crippen molar-refractivity contribution in [2.45, 2.75) is 38.8 Å². The fourth-order valence-electron chi connectivity index (χ4n) is 4.15. The summed E-state index contributed by atoms with van der Waals surface area (Å²) in [5.41, 5.74) is 3.74. The van der Waals surface area contributed by atoms with Crippen LogP contribution >= 0.6 is 0 Å². The molecular weight excluding hydrogens is 390 g/mol. The van der Waals surface area contributed by atoms with Gasteiger partial charge in [-0.3, -0.25) is 14.2 Å². The third kappa shape index (κ3) is 3.93. The highest BCUT2D eigenvalue weighted by atomic mass is 16.1. The maximum absolute atomic E-state index is 13.4. The van der Waals surface area contributed by atoms with Crippen LogP contribution in [0.25, 0.3) is 16.6 Å². The zero-order chi connectivity index (χ0) is 21.5. The van der Waals surface area contributed by atoms with Crippen molar-refractivity contribution in [3.63, 3.8) is 0 Å². The predicted octanol–water partition coefficient (Wildman–Crippen LogP) is 2.38. The standard InChI is InChI=1S/C24H27N5O2/c1-15-3-4-17(23(30)27-18-5-6-18)11-22(15)29-14-26-21-8-7-19(12-20(21)24(29)31)28-10-9-25-16(2)13-28/h3-4,7-8,11-12,14,16,18,25H,5-6,9-10,13H2,1-2H3,(H,27,30)/t16-/m1/s1. The Morgan fingerprint density at radius 2 is 2.03 bits per heavy atom. The van der Waals surface area contributed by atoms with E-state index in [9.17, 15) is 9.59 Å². The van der Waals surface area contributed by atoms with Crippen LogP contribution in [0, 0.1) is 6.92 Å². The van der Waals surface area contributed by atoms with Gasteiger partial charge < -0.3 is 15.5 Å². The minimum Gasteiger partial charge on any atom is -0.369 e. The molecule has 3 aromatic rings. The van der Waals surface area contributed by atoms with Crippen molar-refractivity contribution in [2.24, 2.45) is 0 Å². The number of rotatable bonds is 4. The van der Waals surface area contributed by atoms with E-state index >= 15 is 0 Å². The molecule has 1 saturated heterocycles. The van der Waals surface area contributed by atoms with Gasteiger partial charge in [-0.15, -0.1) is 0 Å². The summed E-state index contributed by atoms with van der Waals surface area (Å²) in [5, 5.41) is 7.03. The first-order chi connectivity index (χ1) is 15.0. The Labute approximate surface area is 181 Å². The lowest BCUT2D eigenvalue weighted by Crippen LogP contribution is -2.49. The molecule has 7 nitrogen and oxygen atoms in total. The molecule has 2 heterocycles. The van der Waals surface area contributed by atoms with E-state index < -0.39 is 0 Å². The van der Waals surface area contributed by atoms with Crippen molar-refractivity contribution < 1.29 is 4.79 Å². The fraction of sp³-hybridized carbons (Fsp3) is 0.375. The highest BCUT2D eigenvalue weighted by Crippen LogP contribution is 2.23. The van der Waals surface area contributed by atoms with Crippen LogP contribution in [0.1, 0.15) is 35.7 Å². The molecule has 1 aromatic heterocycles. The second-order valence-electron chi connectivity index (χ2n) is 8.67. The largest absolute Gasteiger partial charge is 0.369 e. The van der Waals surface area contributed by atoms with Crippen LogP contribution in [0.2, 0.25) is 0 Å². The average Bonchev–Trinajstić information content (AvgIpc) is 3.58. The van der Waals surface area contributed by atoms with Gasteiger partial charge in [-0.05, 0) is 62.6 Å². The van der Waals surface area contributed by atoms with E-state index in [2.05, 4.69) is 27.4 Å². The van der Waals surface area contributed by atoms with E-state index in [0.717, 1.165) is 43.7 Å². The zero-order valence-corrected chi connectivity index (χ0v) is 17.9. The minimum atomic E-state index is -0.127. The monoisotopic (exact) mass is 417 g/mol. The van der Waals surface area contributed by atoms with Crippen molar-refractivity contribution in [3.8, 4) is 5.69 Å². The van der Waals surface area contributed by atoms with Gasteiger partial charge in [0.2, 0.25) is 0 Å². The Morgan fingerprint density at radius 3 is 2.81 bits per heavy atom. The van der Waals surface area contributed by atoms with Crippen molar-refractivity contribution in [1.82, 2.24) is 20.2 Å². The molecule has 2 aromatic carbocycles. The molecule has 1 amide bonds. The highest BCUT2D eigenvalue weighted by molar-refractivity contribution is 5.95. The van der Waals surface area contributed by atoms with Gasteiger partial charge in [-0.1, -0.05) is 6.07 Å². The van der Waals surface area contributed by atoms with E-state index in [-0.39, 0.29) is 17.5 Å². The van der Waals surface area contributed by atoms with Gasteiger partial charge in [0.25, 0.3) is 11.5 Å². The van der Waals surface area contributed by atoms with Crippen LogP contribution in [-0.2, 0) is 0 Å². The van der Waals surface area contributed by atoms with E-state index in [1.165, 1.54) is 0 Å². The van der Waals surface area contributed by atoms with Gasteiger partial charge in [-0.25, -0.2) is 4.98 Å². The lowest BCUT2D eigenvalue weighted by molar-refractivity contribution is 0.0951. The van der Waals surface area contributed by atoms with Gasteiger partial charge in [0, 0.05) is 43.0 Å². The molecule has 7 heteroatoms. The number of fused-ring (bicyclic) bond motifs is 1. The number of anilines is 1. The van der Waals surface area contributed by atoms with Crippen LogP contribution in [-0.4, -0.2) is 47.2 Å². The molecule has 0 radical (unpaired) electrons. The average molecular weight is 418 g/mol. The summed E-state index contributed by atoms with van der Waals surface area (Å²) in [6, 6.07) is 12.0. The van der Waals surface area contributed by atoms with Crippen molar-refractivity contribution >= 4 is 22.5 Å². The summed E-state index contributed by atoms with van der Waals surface area (Å²) in [5.74, 6) is -0.0966. The molecule has 160 valence electrons. The fourth-order valence-corrected chi connectivity index (χ4v) is 4.15. The van der Waals surface area contributed by atoms with Crippen LogP contribution in [0.4, 0.5) is 5.69 Å². The molecule has 2 N–H and O–H groups in total. The van der Waals surface area contributed by atoms with E-state index in [1.54, 1.807) is 23.0 Å². The number of carbonyl (C=O) groups is 1. The van der Waals surface area contributed by atoms with Gasteiger partial charge >= 0.3 is 0 Å². The summed E-state index contributed by atoms with van der Waals surface area (Å²) >= 11 is 0. The lowest BCUT2D eigenvalue weighted by atomic mass is 10.1. The first-order valence-corrected chi connectivity index (χ1v) is 10.9. The maximum atomic E-state index is 13.4. The second-order valence-corrected chi connectivity index (χ2v) is 8.67. The number of amides is 1. The Balaban J connectivity index is 1.55. The Kier molecular flexibility index (Phi) is 4.98. The van der Waals surface area contributed by atoms with Gasteiger partial charge in [0.15, 0.2) is 0 Å². The number of aryl methyl sites for hydroxylation is 1. The second kappa shape index (κ2) is 7.81. The normalized spacial score (nSPS) is 18.9. The molecule has 0 bridgehead atoms. The van der Waals surface area contributed by atoms with E-state index in [1.807, 2.05) is 31.2 Å². The van der Waals surface area contributed by atoms with Crippen molar-refractivity contribution in [2.75, 3.05) is 24.5 Å². The van der Waals surface area contributed by atoms with Crippen LogP contribution in [0.3, 0.4) is 0 Å². The van der Waals surface area contributed by atoms with E-state index in [0.29, 0.717) is 28.2 Å². The van der Waals surface area contributed by atoms with Gasteiger partial charge in [0.1, 0.15) is 6.33 Å². The SMILES string of the molecule is Cc1ccc(C(=O)NC2CC2)cc1-n1cnc2ccc(N3CCN[C@H](C)C3)cc2c1=O. The van der Waals surface area contributed by atoms with Crippen molar-refractivity contribution in [3.05, 3.63) is 64.2 Å². The number of nitrogens with one attached hydrogen (secondary N) is 2. The third-order valence-corrected chi connectivity index (χ3v) is 6.12. The Hall–Kier alpha value is -3.19. The summed E-state index contributed by atoms with van der Waals surface area (Å²) < 4.78 is 1.55. The molecule has 5 rings (SSSR count). The zero-order valence-electron chi connectivity index (χ0n) is 17.9. The summed E-state index contributed by atoms with van der Waals surface area (Å²) in [6.07, 6.45) is 3.63. The first-order valence-electron chi connectivity index (χ1n) is 10.9. The molecule has 2 aliphatic rings. The number of benzene rings is 2. The molecule has 1 atom stereocenters. The smallest absolute Gasteiger partial charge is 0.265 e. The van der Waals surface area contributed by atoms with Gasteiger partial charge in [0.05, 0.1) is 16.6 Å². The number of aromatic nitrogens is 2. The molecule has 2 fully saturated rings. The number of nitrogens with zero attached hydrogens (tertiary/aromatic N) is 3. The van der Waals surface area contributed by atoms with Crippen LogP contribution < -0.4 is 21.1 Å². The first kappa shape index (κ1) is 19.8. The molecule has 0 spiro atoms. The van der Waals surface area contributed by atoms with Crippen LogP contribution in [0.5, 0.6) is 0 Å². The maximum Gasteiger partial charge on any atom is 0.265 e. The molecule has 1 aliphatic heterocycles. The third-order valence-electron chi connectivity index (χ3n) is 6.12. The number of hydrogen-bond acceptors (Lipinski definition) is 5. The molecule has 1 saturated carbocycles. The van der Waals surface area contributed by atoms with Gasteiger partial charge in [-0.2, -0.15) is 0 Å². The Bertz CT molecular complexity index is 1210. The molecule has 1 aliphatic carbocycles. The minimum absolute atomic E-state index is 0.0966. The quantitative estimate of drug-likeness (QED) is 0.682. The van der Waals surface area contributed by atoms with Crippen molar-refractivity contribution in [1.29, 1.82) is 0 Å². The molecular formula is C24H27N5O2. The predicted molar refractivity (Wildman–Crippen MR) is 122 cm³/mol. The Morgan fingerprint density at radius 1 is 1.19 bits per heavy atom. The van der Waals surface area contributed by atoms with Crippen LogP contribution in [0.15, 0.2) is 47.5 Å². The number of hydrogen-bond donors (Lipinski definition) is 2.